The molecule has 0 radical (unpaired) electrons. The third kappa shape index (κ3) is 2.67. The van der Waals surface area contributed by atoms with Crippen molar-refractivity contribution in [3.63, 3.8) is 0 Å². The predicted molar refractivity (Wildman–Crippen MR) is 56.1 cm³/mol. The Balaban J connectivity index is 2.98. The fourth-order valence-electron chi connectivity index (χ4n) is 1.16. The Hall–Kier alpha value is -1.16. The molecule has 0 atom stereocenters. The highest BCUT2D eigenvalue weighted by molar-refractivity contribution is 7.98. The van der Waals surface area contributed by atoms with Gasteiger partial charge in [0.2, 0.25) is 0 Å². The summed E-state index contributed by atoms with van der Waals surface area (Å²) in [7, 11) is 1.55. The molecule has 0 heterocycles. The molecule has 76 valence electrons. The third-order valence-corrected chi connectivity index (χ3v) is 2.56. The minimum Gasteiger partial charge on any atom is -0.496 e. The van der Waals surface area contributed by atoms with Crippen LogP contribution in [0.25, 0.3) is 0 Å². The zero-order chi connectivity index (χ0) is 10.6. The Morgan fingerprint density at radius 2 is 2.29 bits per heavy atom. The van der Waals surface area contributed by atoms with Crippen LogP contribution < -0.4 is 4.74 Å². The first-order chi connectivity index (χ1) is 6.67. The number of ether oxygens (including phenoxy) is 1. The highest BCUT2D eigenvalue weighted by atomic mass is 32.2. The highest BCUT2D eigenvalue weighted by Crippen LogP contribution is 2.25. The average Bonchev–Trinajstić information content (AvgIpc) is 2.17. The number of rotatable bonds is 4. The maximum atomic E-state index is 10.5. The van der Waals surface area contributed by atoms with Crippen LogP contribution in [0.2, 0.25) is 0 Å². The maximum absolute atomic E-state index is 10.5. The van der Waals surface area contributed by atoms with Crippen molar-refractivity contribution in [2.45, 2.75) is 11.3 Å². The van der Waals surface area contributed by atoms with Crippen LogP contribution in [0.4, 0.5) is 0 Å². The molecule has 0 bridgehead atoms. The molecule has 0 saturated heterocycles. The number of hydrogen-bond acceptors (Lipinski definition) is 3. The van der Waals surface area contributed by atoms with E-state index in [9.17, 15) is 4.79 Å². The summed E-state index contributed by atoms with van der Waals surface area (Å²) in [6.45, 7) is 0. The number of carboxylic acid groups (broad SMARTS) is 1. The van der Waals surface area contributed by atoms with E-state index in [1.807, 2.05) is 18.4 Å². The molecular formula is C10H12O3S. The van der Waals surface area contributed by atoms with E-state index in [-0.39, 0.29) is 6.42 Å². The van der Waals surface area contributed by atoms with E-state index in [1.165, 1.54) is 0 Å². The smallest absolute Gasteiger partial charge is 0.307 e. The molecule has 4 heteroatoms. The van der Waals surface area contributed by atoms with Crippen molar-refractivity contribution in [3.8, 4) is 5.75 Å². The van der Waals surface area contributed by atoms with Gasteiger partial charge in [-0.1, -0.05) is 6.07 Å². The molecule has 1 N–H and O–H groups in total. The molecule has 0 aromatic heterocycles. The van der Waals surface area contributed by atoms with Gasteiger partial charge in [-0.05, 0) is 18.4 Å². The summed E-state index contributed by atoms with van der Waals surface area (Å²) in [4.78, 5) is 11.6. The quantitative estimate of drug-likeness (QED) is 0.776. The number of hydrogen-bond donors (Lipinski definition) is 1. The van der Waals surface area contributed by atoms with Crippen LogP contribution in [0.15, 0.2) is 23.1 Å². The molecule has 0 saturated carbocycles. The fourth-order valence-corrected chi connectivity index (χ4v) is 1.59. The largest absolute Gasteiger partial charge is 0.496 e. The lowest BCUT2D eigenvalue weighted by atomic mass is 10.1. The van der Waals surface area contributed by atoms with Gasteiger partial charge in [0.25, 0.3) is 0 Å². The number of methoxy groups -OCH3 is 1. The Labute approximate surface area is 87.1 Å². The first-order valence-electron chi connectivity index (χ1n) is 4.10. The van der Waals surface area contributed by atoms with Gasteiger partial charge in [-0.2, -0.15) is 0 Å². The topological polar surface area (TPSA) is 46.5 Å². The monoisotopic (exact) mass is 212 g/mol. The van der Waals surface area contributed by atoms with Crippen molar-refractivity contribution in [3.05, 3.63) is 23.8 Å². The highest BCUT2D eigenvalue weighted by Gasteiger charge is 2.07. The normalized spacial score (nSPS) is 9.86. The van der Waals surface area contributed by atoms with Gasteiger partial charge in [0, 0.05) is 10.5 Å². The summed E-state index contributed by atoms with van der Waals surface area (Å²) in [5, 5.41) is 8.65. The van der Waals surface area contributed by atoms with E-state index in [0.717, 1.165) is 4.90 Å². The number of carbonyl (C=O) groups is 1. The van der Waals surface area contributed by atoms with Crippen molar-refractivity contribution in [2.75, 3.05) is 13.4 Å². The third-order valence-electron chi connectivity index (χ3n) is 1.84. The Bertz CT molecular complexity index is 336. The van der Waals surface area contributed by atoms with Crippen molar-refractivity contribution in [1.82, 2.24) is 0 Å². The number of aliphatic carboxylic acids is 1. The molecule has 1 aromatic rings. The summed E-state index contributed by atoms with van der Waals surface area (Å²) in [6.07, 6.45) is 1.96. The number of thioether (sulfide) groups is 1. The molecule has 0 unspecified atom stereocenters. The van der Waals surface area contributed by atoms with Crippen LogP contribution in [0.3, 0.4) is 0 Å². The van der Waals surface area contributed by atoms with Gasteiger partial charge in [-0.3, -0.25) is 4.79 Å². The van der Waals surface area contributed by atoms with Crippen molar-refractivity contribution >= 4 is 17.7 Å². The average molecular weight is 212 g/mol. The van der Waals surface area contributed by atoms with Crippen molar-refractivity contribution < 1.29 is 14.6 Å². The van der Waals surface area contributed by atoms with Gasteiger partial charge < -0.3 is 9.84 Å². The van der Waals surface area contributed by atoms with E-state index < -0.39 is 5.97 Å². The van der Waals surface area contributed by atoms with Gasteiger partial charge in [0.15, 0.2) is 0 Å². The molecule has 1 rings (SSSR count). The number of carboxylic acids is 1. The second kappa shape index (κ2) is 4.91. The van der Waals surface area contributed by atoms with Crippen LogP contribution in [0.5, 0.6) is 5.75 Å². The fraction of sp³-hybridized carbons (Fsp3) is 0.300. The summed E-state index contributed by atoms with van der Waals surface area (Å²) >= 11 is 1.60. The Morgan fingerprint density at radius 1 is 1.57 bits per heavy atom. The molecule has 14 heavy (non-hydrogen) atoms. The lowest BCUT2D eigenvalue weighted by molar-refractivity contribution is -0.136. The van der Waals surface area contributed by atoms with E-state index >= 15 is 0 Å². The SMILES string of the molecule is COc1cc(SC)ccc1CC(=O)O. The van der Waals surface area contributed by atoms with Crippen molar-refractivity contribution in [1.29, 1.82) is 0 Å². The van der Waals surface area contributed by atoms with Gasteiger partial charge in [0.05, 0.1) is 13.5 Å². The van der Waals surface area contributed by atoms with Crippen LogP contribution in [0.1, 0.15) is 5.56 Å². The molecule has 0 aliphatic heterocycles. The van der Waals surface area contributed by atoms with E-state index in [0.29, 0.717) is 11.3 Å². The van der Waals surface area contributed by atoms with Crippen LogP contribution in [-0.2, 0) is 11.2 Å². The second-order valence-corrected chi connectivity index (χ2v) is 3.63. The maximum Gasteiger partial charge on any atom is 0.307 e. The lowest BCUT2D eigenvalue weighted by Gasteiger charge is -2.07. The standard InChI is InChI=1S/C10H12O3S/c1-13-9-6-8(14-2)4-3-7(9)5-10(11)12/h3-4,6H,5H2,1-2H3,(H,11,12). The van der Waals surface area contributed by atoms with Gasteiger partial charge in [0.1, 0.15) is 5.75 Å². The minimum absolute atomic E-state index is 0.00215. The van der Waals surface area contributed by atoms with Crippen molar-refractivity contribution in [2.24, 2.45) is 0 Å². The summed E-state index contributed by atoms with van der Waals surface area (Å²) in [5.74, 6) is -0.209. The summed E-state index contributed by atoms with van der Waals surface area (Å²) in [6, 6.07) is 5.53. The Morgan fingerprint density at radius 3 is 2.79 bits per heavy atom. The molecule has 3 nitrogen and oxygen atoms in total. The van der Waals surface area contributed by atoms with E-state index in [4.69, 9.17) is 9.84 Å². The van der Waals surface area contributed by atoms with Crippen LogP contribution in [-0.4, -0.2) is 24.4 Å². The molecule has 1 aromatic carbocycles. The first-order valence-corrected chi connectivity index (χ1v) is 5.32. The molecule has 0 aliphatic carbocycles. The first kappa shape index (κ1) is 10.9. The summed E-state index contributed by atoms with van der Waals surface area (Å²) in [5.41, 5.74) is 0.706. The van der Waals surface area contributed by atoms with Crippen LogP contribution in [0, 0.1) is 0 Å². The van der Waals surface area contributed by atoms with Gasteiger partial charge >= 0.3 is 5.97 Å². The van der Waals surface area contributed by atoms with Crippen LogP contribution >= 0.6 is 11.8 Å². The zero-order valence-corrected chi connectivity index (χ0v) is 8.93. The zero-order valence-electron chi connectivity index (χ0n) is 8.11. The Kier molecular flexibility index (Phi) is 3.83. The second-order valence-electron chi connectivity index (χ2n) is 2.75. The predicted octanol–water partition coefficient (Wildman–Crippen LogP) is 2.04. The van der Waals surface area contributed by atoms with Gasteiger partial charge in [-0.25, -0.2) is 0 Å². The molecule has 0 aliphatic rings. The molecule has 0 fully saturated rings. The number of benzene rings is 1. The molecule has 0 spiro atoms. The summed E-state index contributed by atoms with van der Waals surface area (Å²) < 4.78 is 5.11. The lowest BCUT2D eigenvalue weighted by Crippen LogP contribution is -2.02. The minimum atomic E-state index is -0.847. The molecular weight excluding hydrogens is 200 g/mol. The van der Waals surface area contributed by atoms with E-state index in [1.54, 1.807) is 24.9 Å². The molecule has 0 amide bonds. The van der Waals surface area contributed by atoms with Gasteiger partial charge in [-0.15, -0.1) is 11.8 Å². The van der Waals surface area contributed by atoms with E-state index in [2.05, 4.69) is 0 Å².